The van der Waals surface area contributed by atoms with Gasteiger partial charge in [0.1, 0.15) is 5.15 Å². The molecule has 0 amide bonds. The average Bonchev–Trinajstić information content (AvgIpc) is 2.24. The van der Waals surface area contributed by atoms with Gasteiger partial charge in [0, 0.05) is 19.1 Å². The van der Waals surface area contributed by atoms with E-state index in [0.717, 1.165) is 5.69 Å². The molecule has 0 saturated carbocycles. The van der Waals surface area contributed by atoms with Gasteiger partial charge in [0.15, 0.2) is 9.84 Å². The molecule has 7 heteroatoms. The Balaban J connectivity index is 2.03. The normalized spacial score (nSPS) is 24.7. The van der Waals surface area contributed by atoms with E-state index in [-0.39, 0.29) is 17.5 Å². The molecule has 1 aromatic rings. The molecule has 0 aromatic carbocycles. The van der Waals surface area contributed by atoms with Crippen LogP contribution >= 0.6 is 11.6 Å². The number of aromatic nitrogens is 2. The standard InChI is InChI=1S/C10H14ClN3O2S/c1-8-7-17(15,16)3-2-14(8)6-9-4-13-10(11)5-12-9/h4-5,8H,2-3,6-7H2,1H3. The maximum absolute atomic E-state index is 11.4. The van der Waals surface area contributed by atoms with E-state index in [1.807, 2.05) is 6.92 Å². The van der Waals surface area contributed by atoms with Gasteiger partial charge in [-0.05, 0) is 6.92 Å². The van der Waals surface area contributed by atoms with Gasteiger partial charge >= 0.3 is 0 Å². The van der Waals surface area contributed by atoms with E-state index < -0.39 is 9.84 Å². The Bertz CT molecular complexity index is 489. The van der Waals surface area contributed by atoms with Crippen molar-refractivity contribution in [2.45, 2.75) is 19.5 Å². The molecule has 0 bridgehead atoms. The molecule has 0 N–H and O–H groups in total. The van der Waals surface area contributed by atoms with Gasteiger partial charge in [-0.25, -0.2) is 13.4 Å². The van der Waals surface area contributed by atoms with Crippen molar-refractivity contribution in [1.29, 1.82) is 0 Å². The van der Waals surface area contributed by atoms with Gasteiger partial charge in [-0.2, -0.15) is 0 Å². The summed E-state index contributed by atoms with van der Waals surface area (Å²) in [5.41, 5.74) is 0.806. The van der Waals surface area contributed by atoms with Crippen molar-refractivity contribution in [1.82, 2.24) is 14.9 Å². The molecule has 2 heterocycles. The van der Waals surface area contributed by atoms with Crippen LogP contribution in [0.3, 0.4) is 0 Å². The van der Waals surface area contributed by atoms with Crippen molar-refractivity contribution in [2.75, 3.05) is 18.1 Å². The maximum Gasteiger partial charge on any atom is 0.153 e. The van der Waals surface area contributed by atoms with Crippen molar-refractivity contribution >= 4 is 21.4 Å². The van der Waals surface area contributed by atoms with Gasteiger partial charge in [-0.1, -0.05) is 11.6 Å². The molecule has 1 saturated heterocycles. The third-order valence-electron chi connectivity index (χ3n) is 2.85. The average molecular weight is 276 g/mol. The van der Waals surface area contributed by atoms with Crippen LogP contribution in [0.5, 0.6) is 0 Å². The molecule has 1 unspecified atom stereocenters. The molecule has 0 aliphatic carbocycles. The van der Waals surface area contributed by atoms with Gasteiger partial charge in [0.2, 0.25) is 0 Å². The maximum atomic E-state index is 11.4. The van der Waals surface area contributed by atoms with E-state index in [2.05, 4.69) is 14.9 Å². The number of hydrogen-bond acceptors (Lipinski definition) is 5. The Labute approximate surface area is 106 Å². The second kappa shape index (κ2) is 4.88. The van der Waals surface area contributed by atoms with Crippen LogP contribution in [-0.2, 0) is 16.4 Å². The Morgan fingerprint density at radius 3 is 2.82 bits per heavy atom. The Morgan fingerprint density at radius 2 is 2.24 bits per heavy atom. The molecule has 0 radical (unpaired) electrons. The lowest BCUT2D eigenvalue weighted by Crippen LogP contribution is -2.46. The van der Waals surface area contributed by atoms with Crippen LogP contribution in [0.2, 0.25) is 5.15 Å². The van der Waals surface area contributed by atoms with Crippen molar-refractivity contribution in [3.8, 4) is 0 Å². The highest BCUT2D eigenvalue weighted by Gasteiger charge is 2.28. The van der Waals surface area contributed by atoms with E-state index in [1.165, 1.54) is 6.20 Å². The second-order valence-electron chi connectivity index (χ2n) is 4.26. The molecule has 1 fully saturated rings. The number of nitrogens with zero attached hydrogens (tertiary/aromatic N) is 3. The molecule has 17 heavy (non-hydrogen) atoms. The molecule has 1 atom stereocenters. The summed E-state index contributed by atoms with van der Waals surface area (Å²) in [4.78, 5) is 10.2. The van der Waals surface area contributed by atoms with Gasteiger partial charge in [-0.15, -0.1) is 0 Å². The van der Waals surface area contributed by atoms with Crippen LogP contribution < -0.4 is 0 Å². The molecule has 94 valence electrons. The van der Waals surface area contributed by atoms with E-state index in [1.54, 1.807) is 6.20 Å². The summed E-state index contributed by atoms with van der Waals surface area (Å²) in [5.74, 6) is 0.437. The number of halogens is 1. The highest BCUT2D eigenvalue weighted by molar-refractivity contribution is 7.91. The smallest absolute Gasteiger partial charge is 0.153 e. The van der Waals surface area contributed by atoms with Gasteiger partial charge in [-0.3, -0.25) is 9.88 Å². The first-order chi connectivity index (χ1) is 7.96. The highest BCUT2D eigenvalue weighted by Crippen LogP contribution is 2.14. The van der Waals surface area contributed by atoms with Crippen molar-refractivity contribution in [3.63, 3.8) is 0 Å². The fraction of sp³-hybridized carbons (Fsp3) is 0.600. The monoisotopic (exact) mass is 275 g/mol. The Morgan fingerprint density at radius 1 is 1.47 bits per heavy atom. The zero-order valence-electron chi connectivity index (χ0n) is 9.50. The Kier molecular flexibility index (Phi) is 3.65. The molecular weight excluding hydrogens is 262 g/mol. The number of hydrogen-bond donors (Lipinski definition) is 0. The van der Waals surface area contributed by atoms with E-state index in [4.69, 9.17) is 11.6 Å². The quantitative estimate of drug-likeness (QED) is 0.797. The lowest BCUT2D eigenvalue weighted by atomic mass is 10.3. The predicted octanol–water partition coefficient (Wildman–Crippen LogP) is 0.749. The largest absolute Gasteiger partial charge is 0.293 e. The Hall–Kier alpha value is -0.720. The topological polar surface area (TPSA) is 63.2 Å². The number of rotatable bonds is 2. The lowest BCUT2D eigenvalue weighted by molar-refractivity contribution is 0.215. The van der Waals surface area contributed by atoms with Crippen molar-refractivity contribution in [3.05, 3.63) is 23.2 Å². The summed E-state index contributed by atoms with van der Waals surface area (Å²) >= 11 is 5.65. The minimum Gasteiger partial charge on any atom is -0.293 e. The van der Waals surface area contributed by atoms with E-state index in [0.29, 0.717) is 18.2 Å². The first kappa shape index (κ1) is 12.7. The van der Waals surface area contributed by atoms with E-state index >= 15 is 0 Å². The van der Waals surface area contributed by atoms with Crippen LogP contribution in [0.4, 0.5) is 0 Å². The van der Waals surface area contributed by atoms with Gasteiger partial charge in [0.05, 0.1) is 29.6 Å². The van der Waals surface area contributed by atoms with Crippen LogP contribution in [0.25, 0.3) is 0 Å². The minimum absolute atomic E-state index is 0.0197. The van der Waals surface area contributed by atoms with Gasteiger partial charge in [0.25, 0.3) is 0 Å². The summed E-state index contributed by atoms with van der Waals surface area (Å²) < 4.78 is 22.9. The molecule has 0 spiro atoms. The molecule has 2 rings (SSSR count). The summed E-state index contributed by atoms with van der Waals surface area (Å²) in [6.45, 7) is 3.08. The summed E-state index contributed by atoms with van der Waals surface area (Å²) in [6.07, 6.45) is 3.13. The molecule has 5 nitrogen and oxygen atoms in total. The first-order valence-corrected chi connectivity index (χ1v) is 7.57. The van der Waals surface area contributed by atoms with Crippen LogP contribution in [0.1, 0.15) is 12.6 Å². The fourth-order valence-corrected chi connectivity index (χ4v) is 3.62. The lowest BCUT2D eigenvalue weighted by Gasteiger charge is -2.32. The number of sulfone groups is 1. The first-order valence-electron chi connectivity index (χ1n) is 5.37. The van der Waals surface area contributed by atoms with Crippen LogP contribution in [0, 0.1) is 0 Å². The van der Waals surface area contributed by atoms with Crippen LogP contribution in [-0.4, -0.2) is 47.4 Å². The van der Waals surface area contributed by atoms with Gasteiger partial charge < -0.3 is 0 Å². The highest BCUT2D eigenvalue weighted by atomic mass is 35.5. The molecule has 1 aliphatic rings. The molecule has 1 aromatic heterocycles. The van der Waals surface area contributed by atoms with E-state index in [9.17, 15) is 8.42 Å². The predicted molar refractivity (Wildman–Crippen MR) is 65.6 cm³/mol. The molecule has 1 aliphatic heterocycles. The SMILES string of the molecule is CC1CS(=O)(=O)CCN1Cc1cnc(Cl)cn1. The minimum atomic E-state index is -2.86. The molecular formula is C10H14ClN3O2S. The third kappa shape index (κ3) is 3.37. The summed E-state index contributed by atoms with van der Waals surface area (Å²) in [6, 6.07) is 0.0197. The fourth-order valence-electron chi connectivity index (χ4n) is 1.90. The van der Waals surface area contributed by atoms with Crippen molar-refractivity contribution < 1.29 is 8.42 Å². The third-order valence-corrected chi connectivity index (χ3v) is 4.84. The zero-order chi connectivity index (χ0) is 12.5. The van der Waals surface area contributed by atoms with Crippen LogP contribution in [0.15, 0.2) is 12.4 Å². The second-order valence-corrected chi connectivity index (χ2v) is 6.88. The zero-order valence-corrected chi connectivity index (χ0v) is 11.1. The van der Waals surface area contributed by atoms with Crippen molar-refractivity contribution in [2.24, 2.45) is 0 Å². The summed E-state index contributed by atoms with van der Waals surface area (Å²) in [7, 11) is -2.86. The summed E-state index contributed by atoms with van der Waals surface area (Å²) in [5, 5.41) is 0.364.